The second-order valence-electron chi connectivity index (χ2n) is 1.60. The monoisotopic (exact) mass is 300 g/mol. The van der Waals surface area contributed by atoms with Gasteiger partial charge in [0.05, 0.1) is 6.54 Å². The summed E-state index contributed by atoms with van der Waals surface area (Å²) in [6, 6.07) is 0. The Morgan fingerprint density at radius 1 is 1.82 bits per heavy atom. The first-order valence-electron chi connectivity index (χ1n) is 2.58. The van der Waals surface area contributed by atoms with Gasteiger partial charge in [-0.3, -0.25) is 4.79 Å². The highest BCUT2D eigenvalue weighted by molar-refractivity contribution is 9.10. The molecule has 0 spiro atoms. The van der Waals surface area contributed by atoms with Crippen LogP contribution in [0, 0.1) is 0 Å². The number of nitrogens with two attached hydrogens (primary N) is 1. The number of halogens is 2. The van der Waals surface area contributed by atoms with E-state index in [2.05, 4.69) is 20.9 Å². The van der Waals surface area contributed by atoms with Crippen LogP contribution >= 0.6 is 44.2 Å². The molecule has 0 saturated heterocycles. The van der Waals surface area contributed by atoms with Gasteiger partial charge < -0.3 is 5.73 Å². The Balaban J connectivity index is 0.000001000. The smallest absolute Gasteiger partial charge is 0.204 e. The molecule has 0 unspecified atom stereocenters. The van der Waals surface area contributed by atoms with E-state index >= 15 is 0 Å². The predicted molar refractivity (Wildman–Crippen MR) is 53.5 cm³/mol. The van der Waals surface area contributed by atoms with Gasteiger partial charge in [-0.15, -0.1) is 28.3 Å². The van der Waals surface area contributed by atoms with Gasteiger partial charge in [0.15, 0.2) is 5.01 Å². The van der Waals surface area contributed by atoms with Crippen molar-refractivity contribution in [3.63, 3.8) is 0 Å². The molecule has 1 rings (SSSR count). The lowest BCUT2D eigenvalue weighted by molar-refractivity contribution is 0.100. The zero-order chi connectivity index (χ0) is 7.56. The summed E-state index contributed by atoms with van der Waals surface area (Å²) in [5.41, 5.74) is 5.12. The van der Waals surface area contributed by atoms with Gasteiger partial charge in [0.2, 0.25) is 5.78 Å². The molecular weight excluding hydrogens is 296 g/mol. The SMILES string of the molecule is Br.NCC(=O)c1nc(Br)cs1. The Morgan fingerprint density at radius 2 is 2.45 bits per heavy atom. The number of thiazole rings is 1. The molecule has 6 heteroatoms. The van der Waals surface area contributed by atoms with Crippen molar-refractivity contribution in [1.82, 2.24) is 4.98 Å². The minimum Gasteiger partial charge on any atom is -0.324 e. The summed E-state index contributed by atoms with van der Waals surface area (Å²) in [6.07, 6.45) is 0. The number of carbonyl (C=O) groups excluding carboxylic acids is 1. The van der Waals surface area contributed by atoms with Gasteiger partial charge in [0.1, 0.15) is 4.60 Å². The highest BCUT2D eigenvalue weighted by atomic mass is 79.9. The Morgan fingerprint density at radius 3 is 2.82 bits per heavy atom. The predicted octanol–water partition coefficient (Wildman–Crippen LogP) is 1.62. The molecule has 0 amide bonds. The molecule has 1 aromatic heterocycles. The van der Waals surface area contributed by atoms with Crippen LogP contribution in [0.25, 0.3) is 0 Å². The summed E-state index contributed by atoms with van der Waals surface area (Å²) in [6.45, 7) is 0.0277. The van der Waals surface area contributed by atoms with E-state index in [1.807, 2.05) is 0 Å². The summed E-state index contributed by atoms with van der Waals surface area (Å²) < 4.78 is 0.689. The Hall–Kier alpha value is 0.220. The summed E-state index contributed by atoms with van der Waals surface area (Å²) >= 11 is 4.43. The van der Waals surface area contributed by atoms with Crippen molar-refractivity contribution in [1.29, 1.82) is 0 Å². The van der Waals surface area contributed by atoms with Crippen LogP contribution in [0.15, 0.2) is 9.98 Å². The first-order chi connectivity index (χ1) is 4.74. The van der Waals surface area contributed by atoms with E-state index in [9.17, 15) is 4.79 Å². The maximum atomic E-state index is 10.8. The Labute approximate surface area is 86.9 Å². The fourth-order valence-corrected chi connectivity index (χ4v) is 1.67. The van der Waals surface area contributed by atoms with Crippen molar-refractivity contribution in [3.8, 4) is 0 Å². The lowest BCUT2D eigenvalue weighted by atomic mass is 10.4. The second-order valence-corrected chi connectivity index (χ2v) is 3.27. The van der Waals surface area contributed by atoms with Gasteiger partial charge in [-0.1, -0.05) is 0 Å². The normalized spacial score (nSPS) is 8.91. The van der Waals surface area contributed by atoms with Crippen molar-refractivity contribution < 1.29 is 4.79 Å². The van der Waals surface area contributed by atoms with E-state index in [-0.39, 0.29) is 29.3 Å². The van der Waals surface area contributed by atoms with Crippen molar-refractivity contribution in [3.05, 3.63) is 15.0 Å². The number of nitrogens with zero attached hydrogens (tertiary/aromatic N) is 1. The molecule has 62 valence electrons. The van der Waals surface area contributed by atoms with Gasteiger partial charge in [-0.25, -0.2) is 4.98 Å². The summed E-state index contributed by atoms with van der Waals surface area (Å²) in [5, 5.41) is 2.22. The number of carbonyl (C=O) groups is 1. The van der Waals surface area contributed by atoms with Crippen LogP contribution in [-0.2, 0) is 0 Å². The van der Waals surface area contributed by atoms with Crippen LogP contribution in [0.1, 0.15) is 9.80 Å². The summed E-state index contributed by atoms with van der Waals surface area (Å²) in [4.78, 5) is 14.7. The number of hydrogen-bond acceptors (Lipinski definition) is 4. The van der Waals surface area contributed by atoms with Crippen LogP contribution < -0.4 is 5.73 Å². The largest absolute Gasteiger partial charge is 0.324 e. The molecule has 1 aromatic rings. The molecule has 0 aromatic carbocycles. The molecule has 0 aliphatic heterocycles. The first-order valence-corrected chi connectivity index (χ1v) is 4.25. The fraction of sp³-hybridized carbons (Fsp3) is 0.200. The van der Waals surface area contributed by atoms with E-state index in [1.54, 1.807) is 5.38 Å². The number of ketones is 1. The third-order valence-corrected chi connectivity index (χ3v) is 2.49. The summed E-state index contributed by atoms with van der Waals surface area (Å²) in [5.74, 6) is -0.115. The third-order valence-electron chi connectivity index (χ3n) is 0.900. The molecule has 0 radical (unpaired) electrons. The Bertz CT molecular complexity index is 250. The molecule has 11 heavy (non-hydrogen) atoms. The van der Waals surface area contributed by atoms with E-state index in [0.717, 1.165) is 0 Å². The average Bonchev–Trinajstić information content (AvgIpc) is 2.34. The zero-order valence-electron chi connectivity index (χ0n) is 5.41. The van der Waals surface area contributed by atoms with Crippen LogP contribution in [0.5, 0.6) is 0 Å². The second kappa shape index (κ2) is 4.97. The number of hydrogen-bond donors (Lipinski definition) is 1. The van der Waals surface area contributed by atoms with E-state index < -0.39 is 0 Å². The van der Waals surface area contributed by atoms with Crippen LogP contribution in [0.4, 0.5) is 0 Å². The molecule has 3 nitrogen and oxygen atoms in total. The standard InChI is InChI=1S/C5H5BrN2OS.BrH/c6-4-2-10-5(8-4)3(9)1-7;/h2H,1,7H2;1H. The molecular formula is C5H6Br2N2OS. The molecule has 2 N–H and O–H groups in total. The van der Waals surface area contributed by atoms with Crippen LogP contribution in [0.2, 0.25) is 0 Å². The van der Waals surface area contributed by atoms with E-state index in [4.69, 9.17) is 5.73 Å². The van der Waals surface area contributed by atoms with Crippen LogP contribution in [0.3, 0.4) is 0 Å². The van der Waals surface area contributed by atoms with Crippen molar-refractivity contribution >= 4 is 50.0 Å². The minimum absolute atomic E-state index is 0. The molecule has 1 heterocycles. The van der Waals surface area contributed by atoms with E-state index in [1.165, 1.54) is 11.3 Å². The highest BCUT2D eigenvalue weighted by Gasteiger charge is 2.06. The summed E-state index contributed by atoms with van der Waals surface area (Å²) in [7, 11) is 0. The topological polar surface area (TPSA) is 56.0 Å². The van der Waals surface area contributed by atoms with Gasteiger partial charge in [-0.05, 0) is 15.9 Å². The van der Waals surface area contributed by atoms with Gasteiger partial charge in [0.25, 0.3) is 0 Å². The van der Waals surface area contributed by atoms with E-state index in [0.29, 0.717) is 9.61 Å². The maximum Gasteiger partial charge on any atom is 0.204 e. The highest BCUT2D eigenvalue weighted by Crippen LogP contribution is 2.14. The fourth-order valence-electron chi connectivity index (χ4n) is 0.470. The minimum atomic E-state index is -0.115. The maximum absolute atomic E-state index is 10.8. The van der Waals surface area contributed by atoms with Crippen LogP contribution in [-0.4, -0.2) is 17.3 Å². The zero-order valence-corrected chi connectivity index (χ0v) is 9.53. The number of Topliss-reactive ketones (excluding diaryl/α,β-unsaturated/α-hetero) is 1. The number of aromatic nitrogens is 1. The molecule has 0 aliphatic carbocycles. The third kappa shape index (κ3) is 2.98. The molecule has 0 aliphatic rings. The molecule has 0 atom stereocenters. The quantitative estimate of drug-likeness (QED) is 0.845. The van der Waals surface area contributed by atoms with Gasteiger partial charge >= 0.3 is 0 Å². The number of rotatable bonds is 2. The first kappa shape index (κ1) is 11.2. The average molecular weight is 302 g/mol. The van der Waals surface area contributed by atoms with Crippen molar-refractivity contribution in [2.45, 2.75) is 0 Å². The van der Waals surface area contributed by atoms with Crippen molar-refractivity contribution in [2.75, 3.05) is 6.54 Å². The lowest BCUT2D eigenvalue weighted by Gasteiger charge is -1.85. The molecule has 0 bridgehead atoms. The van der Waals surface area contributed by atoms with Gasteiger partial charge in [-0.2, -0.15) is 0 Å². The Kier molecular flexibility index (Phi) is 5.07. The van der Waals surface area contributed by atoms with Crippen molar-refractivity contribution in [2.24, 2.45) is 5.73 Å². The molecule has 0 fully saturated rings. The van der Waals surface area contributed by atoms with Gasteiger partial charge in [0, 0.05) is 5.38 Å². The molecule has 0 saturated carbocycles. The lowest BCUT2D eigenvalue weighted by Crippen LogP contribution is -2.12.